The van der Waals surface area contributed by atoms with E-state index in [2.05, 4.69) is 36.5 Å². The predicted molar refractivity (Wildman–Crippen MR) is 128 cm³/mol. The third-order valence-electron chi connectivity index (χ3n) is 8.40. The molecule has 176 valence electrons. The van der Waals surface area contributed by atoms with Gasteiger partial charge in [-0.05, 0) is 85.8 Å². The second-order valence-corrected chi connectivity index (χ2v) is 10.7. The van der Waals surface area contributed by atoms with Gasteiger partial charge in [-0.15, -0.1) is 0 Å². The molecule has 4 aliphatic carbocycles. The van der Waals surface area contributed by atoms with Crippen molar-refractivity contribution in [1.82, 2.24) is 5.32 Å². The number of carbonyl (C=O) groups excluding carboxylic acids is 1. The summed E-state index contributed by atoms with van der Waals surface area (Å²) in [5, 5.41) is 3.28. The molecule has 0 aliphatic heterocycles. The van der Waals surface area contributed by atoms with Gasteiger partial charge in [-0.2, -0.15) is 0 Å². The molecule has 2 aromatic carbocycles. The fourth-order valence-corrected chi connectivity index (χ4v) is 7.49. The molecule has 33 heavy (non-hydrogen) atoms. The zero-order valence-electron chi connectivity index (χ0n) is 20.2. The van der Waals surface area contributed by atoms with Crippen molar-refractivity contribution in [2.45, 2.75) is 50.9 Å². The van der Waals surface area contributed by atoms with Crippen LogP contribution in [0.5, 0.6) is 17.2 Å². The summed E-state index contributed by atoms with van der Waals surface area (Å²) in [6, 6.07) is 12.7. The smallest absolute Gasteiger partial charge is 0.251 e. The summed E-state index contributed by atoms with van der Waals surface area (Å²) >= 11 is 0. The molecule has 4 aliphatic rings. The quantitative estimate of drug-likeness (QED) is 0.624. The topological polar surface area (TPSA) is 56.8 Å². The number of methoxy groups -OCH3 is 3. The molecule has 4 bridgehead atoms. The lowest BCUT2D eigenvalue weighted by Gasteiger charge is -2.62. The molecule has 0 spiro atoms. The summed E-state index contributed by atoms with van der Waals surface area (Å²) in [5.74, 6) is 2.94. The number of amides is 1. The molecule has 5 nitrogen and oxygen atoms in total. The molecule has 0 aromatic heterocycles. The van der Waals surface area contributed by atoms with Crippen LogP contribution in [0.2, 0.25) is 0 Å². The average Bonchev–Trinajstić information content (AvgIpc) is 2.81. The monoisotopic (exact) mass is 449 g/mol. The third-order valence-corrected chi connectivity index (χ3v) is 8.40. The molecule has 4 saturated carbocycles. The molecule has 5 heteroatoms. The van der Waals surface area contributed by atoms with Gasteiger partial charge >= 0.3 is 0 Å². The molecule has 4 fully saturated rings. The number of hydrogen-bond donors (Lipinski definition) is 1. The highest BCUT2D eigenvalue weighted by atomic mass is 16.5. The molecule has 1 N–H and O–H groups in total. The first-order valence-electron chi connectivity index (χ1n) is 12.0. The summed E-state index contributed by atoms with van der Waals surface area (Å²) in [6.07, 6.45) is 7.59. The maximum Gasteiger partial charge on any atom is 0.251 e. The standard InChI is InChI=1S/C28H35NO4/c1-18-5-7-22(8-6-18)28-14-19-9-20(15-28)13-27(12-19,16-28)17-29-26(30)21-10-23(31-2)25(33-4)24(11-21)32-3/h5-8,10-11,19-20H,9,12-17H2,1-4H3,(H,29,30)/t19-,20-,27?,28?/m0/s1. The Morgan fingerprint density at radius 3 is 2.09 bits per heavy atom. The van der Waals surface area contributed by atoms with Crippen LogP contribution < -0.4 is 19.5 Å². The Kier molecular flexibility index (Phi) is 5.54. The van der Waals surface area contributed by atoms with E-state index in [1.54, 1.807) is 33.5 Å². The molecule has 0 saturated heterocycles. The maximum absolute atomic E-state index is 13.2. The van der Waals surface area contributed by atoms with E-state index in [0.29, 0.717) is 22.8 Å². The van der Waals surface area contributed by atoms with Crippen LogP contribution in [0.25, 0.3) is 0 Å². The van der Waals surface area contributed by atoms with Gasteiger partial charge in [-0.25, -0.2) is 0 Å². The summed E-state index contributed by atoms with van der Waals surface area (Å²) in [5.41, 5.74) is 3.81. The minimum Gasteiger partial charge on any atom is -0.493 e. The first kappa shape index (κ1) is 22.1. The van der Waals surface area contributed by atoms with Gasteiger partial charge in [0, 0.05) is 12.1 Å². The molecule has 0 radical (unpaired) electrons. The van der Waals surface area contributed by atoms with Crippen molar-refractivity contribution in [1.29, 1.82) is 0 Å². The molecule has 0 heterocycles. The van der Waals surface area contributed by atoms with Crippen LogP contribution >= 0.6 is 0 Å². The summed E-state index contributed by atoms with van der Waals surface area (Å²) in [6.45, 7) is 2.88. The van der Waals surface area contributed by atoms with Crippen LogP contribution in [0.3, 0.4) is 0 Å². The Balaban J connectivity index is 1.37. The second kappa shape index (κ2) is 8.27. The summed E-state index contributed by atoms with van der Waals surface area (Å²) < 4.78 is 16.3. The van der Waals surface area contributed by atoms with Crippen LogP contribution in [0.4, 0.5) is 0 Å². The zero-order valence-corrected chi connectivity index (χ0v) is 20.2. The summed E-state index contributed by atoms with van der Waals surface area (Å²) in [7, 11) is 4.70. The van der Waals surface area contributed by atoms with Gasteiger partial charge in [0.2, 0.25) is 5.75 Å². The molecule has 2 atom stereocenters. The number of hydrogen-bond acceptors (Lipinski definition) is 4. The van der Waals surface area contributed by atoms with Crippen molar-refractivity contribution in [3.05, 3.63) is 53.1 Å². The predicted octanol–water partition coefficient (Wildman–Crippen LogP) is 5.29. The van der Waals surface area contributed by atoms with Gasteiger partial charge in [0.1, 0.15) is 0 Å². The van der Waals surface area contributed by atoms with E-state index in [4.69, 9.17) is 14.2 Å². The fraction of sp³-hybridized carbons (Fsp3) is 0.536. The van der Waals surface area contributed by atoms with Gasteiger partial charge in [-0.3, -0.25) is 4.79 Å². The number of carbonyl (C=O) groups is 1. The molecule has 6 rings (SSSR count). The van der Waals surface area contributed by atoms with Crippen molar-refractivity contribution in [3.8, 4) is 17.2 Å². The lowest BCUT2D eigenvalue weighted by molar-refractivity contribution is -0.0697. The lowest BCUT2D eigenvalue weighted by atomic mass is 9.43. The first-order valence-corrected chi connectivity index (χ1v) is 12.0. The van der Waals surface area contributed by atoms with E-state index in [1.807, 2.05) is 0 Å². The minimum atomic E-state index is -0.0885. The van der Waals surface area contributed by atoms with Gasteiger partial charge in [-0.1, -0.05) is 29.8 Å². The van der Waals surface area contributed by atoms with E-state index in [1.165, 1.54) is 49.7 Å². The zero-order chi connectivity index (χ0) is 23.2. The Morgan fingerprint density at radius 1 is 0.939 bits per heavy atom. The van der Waals surface area contributed by atoms with Crippen LogP contribution in [-0.4, -0.2) is 33.8 Å². The average molecular weight is 450 g/mol. The van der Waals surface area contributed by atoms with Crippen molar-refractivity contribution >= 4 is 5.91 Å². The van der Waals surface area contributed by atoms with E-state index >= 15 is 0 Å². The third kappa shape index (κ3) is 3.85. The molecule has 0 unspecified atom stereocenters. The Bertz CT molecular complexity index is 1010. The van der Waals surface area contributed by atoms with Crippen LogP contribution in [0, 0.1) is 24.2 Å². The Hall–Kier alpha value is -2.69. The van der Waals surface area contributed by atoms with Crippen molar-refractivity contribution in [2.75, 3.05) is 27.9 Å². The Morgan fingerprint density at radius 2 is 1.55 bits per heavy atom. The number of nitrogens with one attached hydrogen (secondary N) is 1. The Labute approximate surface area is 196 Å². The lowest BCUT2D eigenvalue weighted by Crippen LogP contribution is -2.57. The molecule has 1 amide bonds. The van der Waals surface area contributed by atoms with Gasteiger partial charge in [0.05, 0.1) is 21.3 Å². The second-order valence-electron chi connectivity index (χ2n) is 10.7. The van der Waals surface area contributed by atoms with E-state index in [0.717, 1.165) is 18.4 Å². The van der Waals surface area contributed by atoms with Crippen LogP contribution in [0.15, 0.2) is 36.4 Å². The molecule has 2 aromatic rings. The summed E-state index contributed by atoms with van der Waals surface area (Å²) in [4.78, 5) is 13.2. The van der Waals surface area contributed by atoms with Gasteiger partial charge < -0.3 is 19.5 Å². The van der Waals surface area contributed by atoms with Crippen molar-refractivity contribution in [2.24, 2.45) is 17.3 Å². The largest absolute Gasteiger partial charge is 0.493 e. The minimum absolute atomic E-state index is 0.0885. The highest BCUT2D eigenvalue weighted by Gasteiger charge is 2.58. The number of aryl methyl sites for hydroxylation is 1. The normalized spacial score (nSPS) is 29.6. The van der Waals surface area contributed by atoms with E-state index in [9.17, 15) is 4.79 Å². The van der Waals surface area contributed by atoms with Crippen LogP contribution in [0.1, 0.15) is 60.0 Å². The van der Waals surface area contributed by atoms with Gasteiger partial charge in [0.15, 0.2) is 11.5 Å². The van der Waals surface area contributed by atoms with Crippen molar-refractivity contribution in [3.63, 3.8) is 0 Å². The highest BCUT2D eigenvalue weighted by molar-refractivity contribution is 5.95. The van der Waals surface area contributed by atoms with E-state index in [-0.39, 0.29) is 16.7 Å². The number of rotatable bonds is 7. The van der Waals surface area contributed by atoms with Gasteiger partial charge in [0.25, 0.3) is 5.91 Å². The SMILES string of the molecule is COc1cc(C(=O)NCC23C[C@@H]4C[C@@H](C2)CC(c2ccc(C)cc2)(C4)C3)cc(OC)c1OC. The number of benzene rings is 2. The highest BCUT2D eigenvalue weighted by Crippen LogP contribution is 2.65. The molecular formula is C28H35NO4. The number of ether oxygens (including phenoxy) is 3. The maximum atomic E-state index is 13.2. The molecular weight excluding hydrogens is 414 g/mol. The first-order chi connectivity index (χ1) is 15.9. The van der Waals surface area contributed by atoms with Crippen molar-refractivity contribution < 1.29 is 19.0 Å². The van der Waals surface area contributed by atoms with E-state index < -0.39 is 0 Å². The van der Waals surface area contributed by atoms with Crippen LogP contribution in [-0.2, 0) is 5.41 Å². The fourth-order valence-electron chi connectivity index (χ4n) is 7.49.